The van der Waals surface area contributed by atoms with Crippen LogP contribution in [0.2, 0.25) is 0 Å². The summed E-state index contributed by atoms with van der Waals surface area (Å²) in [5.74, 6) is 0.847. The maximum atomic E-state index is 12.0. The molecular formula is C16H24N2O2. The number of ether oxygens (including phenoxy) is 1. The standard InChI is InChI=1S/C16H24N2O2/c1-12(14-9-5-6-10-15(14)20-2)18-16(19)11-17-13-7-3-4-8-13/h5-6,9-10,12-13,17H,3-4,7-8,11H2,1-2H3,(H,18,19)/t12-/m1/s1. The van der Waals surface area contributed by atoms with Crippen LogP contribution in [-0.4, -0.2) is 25.6 Å². The fraction of sp³-hybridized carbons (Fsp3) is 0.562. The Kier molecular flexibility index (Phi) is 5.41. The van der Waals surface area contributed by atoms with Crippen LogP contribution in [0, 0.1) is 0 Å². The molecular weight excluding hydrogens is 252 g/mol. The number of hydrogen-bond acceptors (Lipinski definition) is 3. The molecule has 0 spiro atoms. The summed E-state index contributed by atoms with van der Waals surface area (Å²) in [7, 11) is 1.65. The predicted molar refractivity (Wildman–Crippen MR) is 79.8 cm³/mol. The molecule has 0 saturated heterocycles. The Morgan fingerprint density at radius 2 is 2.05 bits per heavy atom. The topological polar surface area (TPSA) is 50.4 Å². The van der Waals surface area contributed by atoms with E-state index >= 15 is 0 Å². The van der Waals surface area contributed by atoms with Gasteiger partial charge >= 0.3 is 0 Å². The van der Waals surface area contributed by atoms with Crippen LogP contribution < -0.4 is 15.4 Å². The molecule has 2 rings (SSSR count). The average Bonchev–Trinajstić information content (AvgIpc) is 2.98. The highest BCUT2D eigenvalue weighted by Gasteiger charge is 2.17. The normalized spacial score (nSPS) is 16.9. The summed E-state index contributed by atoms with van der Waals surface area (Å²) < 4.78 is 5.32. The molecule has 1 aromatic carbocycles. The number of amides is 1. The molecule has 1 amide bonds. The van der Waals surface area contributed by atoms with Crippen molar-refractivity contribution in [1.29, 1.82) is 0 Å². The summed E-state index contributed by atoms with van der Waals surface area (Å²) in [6.45, 7) is 2.37. The molecule has 4 nitrogen and oxygen atoms in total. The molecule has 1 saturated carbocycles. The SMILES string of the molecule is COc1ccccc1[C@@H](C)NC(=O)CNC1CCCC1. The quantitative estimate of drug-likeness (QED) is 0.839. The van der Waals surface area contributed by atoms with E-state index in [0.29, 0.717) is 12.6 Å². The van der Waals surface area contributed by atoms with E-state index in [-0.39, 0.29) is 11.9 Å². The van der Waals surface area contributed by atoms with Crippen LogP contribution in [0.4, 0.5) is 0 Å². The molecule has 20 heavy (non-hydrogen) atoms. The van der Waals surface area contributed by atoms with E-state index in [2.05, 4.69) is 10.6 Å². The molecule has 0 aromatic heterocycles. The minimum absolute atomic E-state index is 0.0373. The Labute approximate surface area is 120 Å². The molecule has 0 heterocycles. The van der Waals surface area contributed by atoms with Crippen molar-refractivity contribution < 1.29 is 9.53 Å². The highest BCUT2D eigenvalue weighted by Crippen LogP contribution is 2.24. The monoisotopic (exact) mass is 276 g/mol. The molecule has 110 valence electrons. The summed E-state index contributed by atoms with van der Waals surface area (Å²) in [6.07, 6.45) is 4.93. The first-order valence-electron chi connectivity index (χ1n) is 7.36. The van der Waals surface area contributed by atoms with Crippen LogP contribution in [0.15, 0.2) is 24.3 Å². The van der Waals surface area contributed by atoms with Crippen molar-refractivity contribution in [3.63, 3.8) is 0 Å². The highest BCUT2D eigenvalue weighted by molar-refractivity contribution is 5.78. The van der Waals surface area contributed by atoms with E-state index in [1.807, 2.05) is 31.2 Å². The van der Waals surface area contributed by atoms with Crippen molar-refractivity contribution in [2.75, 3.05) is 13.7 Å². The molecule has 2 N–H and O–H groups in total. The lowest BCUT2D eigenvalue weighted by Crippen LogP contribution is -2.39. The summed E-state index contributed by atoms with van der Waals surface area (Å²) >= 11 is 0. The number of methoxy groups -OCH3 is 1. The first-order valence-corrected chi connectivity index (χ1v) is 7.36. The number of rotatable bonds is 6. The number of para-hydroxylation sites is 1. The summed E-state index contributed by atoms with van der Waals surface area (Å²) in [5.41, 5.74) is 1.00. The second kappa shape index (κ2) is 7.29. The van der Waals surface area contributed by atoms with E-state index in [1.54, 1.807) is 7.11 Å². The Bertz CT molecular complexity index is 442. The van der Waals surface area contributed by atoms with Crippen LogP contribution >= 0.6 is 0 Å². The summed E-state index contributed by atoms with van der Waals surface area (Å²) in [4.78, 5) is 12.0. The maximum absolute atomic E-state index is 12.0. The van der Waals surface area contributed by atoms with Gasteiger partial charge in [-0.05, 0) is 25.8 Å². The van der Waals surface area contributed by atoms with E-state index in [4.69, 9.17) is 4.74 Å². The van der Waals surface area contributed by atoms with Crippen LogP contribution in [0.5, 0.6) is 5.75 Å². The van der Waals surface area contributed by atoms with Crippen LogP contribution in [0.1, 0.15) is 44.2 Å². The zero-order chi connectivity index (χ0) is 14.4. The number of carbonyl (C=O) groups excluding carboxylic acids is 1. The number of carbonyl (C=O) groups is 1. The van der Waals surface area contributed by atoms with Crippen molar-refractivity contribution in [3.8, 4) is 5.75 Å². The lowest BCUT2D eigenvalue weighted by atomic mass is 10.1. The van der Waals surface area contributed by atoms with Gasteiger partial charge in [-0.2, -0.15) is 0 Å². The van der Waals surface area contributed by atoms with Crippen molar-refractivity contribution in [1.82, 2.24) is 10.6 Å². The third-order valence-electron chi connectivity index (χ3n) is 3.89. The Morgan fingerprint density at radius 1 is 1.35 bits per heavy atom. The molecule has 1 aromatic rings. The number of benzene rings is 1. The van der Waals surface area contributed by atoms with Gasteiger partial charge in [0.2, 0.25) is 5.91 Å². The van der Waals surface area contributed by atoms with E-state index in [1.165, 1.54) is 25.7 Å². The van der Waals surface area contributed by atoms with Gasteiger partial charge in [-0.1, -0.05) is 31.0 Å². The van der Waals surface area contributed by atoms with Gasteiger partial charge in [0, 0.05) is 11.6 Å². The van der Waals surface area contributed by atoms with Crippen molar-refractivity contribution >= 4 is 5.91 Å². The van der Waals surface area contributed by atoms with Gasteiger partial charge in [-0.3, -0.25) is 4.79 Å². The van der Waals surface area contributed by atoms with E-state index in [9.17, 15) is 4.79 Å². The Hall–Kier alpha value is -1.55. The molecule has 0 bridgehead atoms. The average molecular weight is 276 g/mol. The highest BCUT2D eigenvalue weighted by atomic mass is 16.5. The van der Waals surface area contributed by atoms with Gasteiger partial charge in [0.25, 0.3) is 0 Å². The fourth-order valence-corrected chi connectivity index (χ4v) is 2.76. The predicted octanol–water partition coefficient (Wildman–Crippen LogP) is 2.40. The lowest BCUT2D eigenvalue weighted by Gasteiger charge is -2.18. The molecule has 1 aliphatic rings. The maximum Gasteiger partial charge on any atom is 0.234 e. The van der Waals surface area contributed by atoms with Gasteiger partial charge < -0.3 is 15.4 Å². The van der Waals surface area contributed by atoms with E-state index in [0.717, 1.165) is 11.3 Å². The second-order valence-electron chi connectivity index (χ2n) is 5.39. The number of hydrogen-bond donors (Lipinski definition) is 2. The van der Waals surface area contributed by atoms with Crippen molar-refractivity contribution in [2.24, 2.45) is 0 Å². The van der Waals surface area contributed by atoms with Gasteiger partial charge in [0.15, 0.2) is 0 Å². The third kappa shape index (κ3) is 3.97. The van der Waals surface area contributed by atoms with Gasteiger partial charge in [0.1, 0.15) is 5.75 Å². The minimum atomic E-state index is -0.0518. The largest absolute Gasteiger partial charge is 0.496 e. The molecule has 0 unspecified atom stereocenters. The molecule has 4 heteroatoms. The number of nitrogens with one attached hydrogen (secondary N) is 2. The van der Waals surface area contributed by atoms with Gasteiger partial charge in [0.05, 0.1) is 19.7 Å². The zero-order valence-corrected chi connectivity index (χ0v) is 12.3. The van der Waals surface area contributed by atoms with Gasteiger partial charge in [-0.15, -0.1) is 0 Å². The van der Waals surface area contributed by atoms with E-state index < -0.39 is 0 Å². The zero-order valence-electron chi connectivity index (χ0n) is 12.3. The Morgan fingerprint density at radius 3 is 2.75 bits per heavy atom. The summed E-state index contributed by atoms with van der Waals surface area (Å²) in [6, 6.07) is 8.24. The Balaban J connectivity index is 1.83. The molecule has 1 atom stereocenters. The molecule has 1 aliphatic carbocycles. The first-order chi connectivity index (χ1) is 9.70. The van der Waals surface area contributed by atoms with Crippen LogP contribution in [0.25, 0.3) is 0 Å². The molecule has 1 fully saturated rings. The van der Waals surface area contributed by atoms with Crippen LogP contribution in [0.3, 0.4) is 0 Å². The van der Waals surface area contributed by atoms with Crippen LogP contribution in [-0.2, 0) is 4.79 Å². The van der Waals surface area contributed by atoms with Crippen molar-refractivity contribution in [2.45, 2.75) is 44.7 Å². The first kappa shape index (κ1) is 14.9. The minimum Gasteiger partial charge on any atom is -0.496 e. The smallest absolute Gasteiger partial charge is 0.234 e. The second-order valence-corrected chi connectivity index (χ2v) is 5.39. The lowest BCUT2D eigenvalue weighted by molar-refractivity contribution is -0.121. The van der Waals surface area contributed by atoms with Crippen molar-refractivity contribution in [3.05, 3.63) is 29.8 Å². The molecule has 0 aliphatic heterocycles. The third-order valence-corrected chi connectivity index (χ3v) is 3.89. The fourth-order valence-electron chi connectivity index (χ4n) is 2.76. The molecule has 0 radical (unpaired) electrons. The van der Waals surface area contributed by atoms with Gasteiger partial charge in [-0.25, -0.2) is 0 Å². The summed E-state index contributed by atoms with van der Waals surface area (Å²) in [5, 5.41) is 6.34.